The minimum Gasteiger partial charge on any atom is -0.491 e. The molecule has 2 aliphatic heterocycles. The van der Waals surface area contributed by atoms with Gasteiger partial charge in [-0.15, -0.1) is 0 Å². The van der Waals surface area contributed by atoms with E-state index in [0.29, 0.717) is 68.1 Å². The third-order valence-electron chi connectivity index (χ3n) is 6.41. The van der Waals surface area contributed by atoms with Crippen LogP contribution in [-0.4, -0.2) is 40.9 Å². The highest BCUT2D eigenvalue weighted by Crippen LogP contribution is 2.36. The zero-order valence-electron chi connectivity index (χ0n) is 19.3. The van der Waals surface area contributed by atoms with Gasteiger partial charge in [0.05, 0.1) is 17.2 Å². The maximum absolute atomic E-state index is 13.8. The van der Waals surface area contributed by atoms with Gasteiger partial charge in [-0.2, -0.15) is 0 Å². The van der Waals surface area contributed by atoms with E-state index >= 15 is 0 Å². The number of hydrogen-bond acceptors (Lipinski definition) is 7. The summed E-state index contributed by atoms with van der Waals surface area (Å²) in [5, 5.41) is 2.59. The van der Waals surface area contributed by atoms with E-state index < -0.39 is 0 Å². The van der Waals surface area contributed by atoms with Crippen molar-refractivity contribution in [2.75, 3.05) is 18.1 Å². The zero-order chi connectivity index (χ0) is 25.7. The molecule has 1 aliphatic carbocycles. The molecule has 1 saturated heterocycles. The van der Waals surface area contributed by atoms with Gasteiger partial charge in [0.25, 0.3) is 11.8 Å². The van der Waals surface area contributed by atoms with E-state index in [9.17, 15) is 19.2 Å². The summed E-state index contributed by atoms with van der Waals surface area (Å²) in [6.07, 6.45) is 2.33. The van der Waals surface area contributed by atoms with Crippen LogP contribution in [0.25, 0.3) is 6.08 Å². The fourth-order valence-corrected chi connectivity index (χ4v) is 5.70. The van der Waals surface area contributed by atoms with Crippen molar-refractivity contribution < 1.29 is 23.9 Å². The zero-order valence-corrected chi connectivity index (χ0v) is 20.9. The van der Waals surface area contributed by atoms with Crippen LogP contribution in [-0.2, 0) is 4.79 Å². The van der Waals surface area contributed by atoms with Crippen LogP contribution >= 0.6 is 24.0 Å². The molecule has 2 heterocycles. The van der Waals surface area contributed by atoms with Crippen molar-refractivity contribution in [3.8, 4) is 5.75 Å². The van der Waals surface area contributed by atoms with Crippen molar-refractivity contribution in [1.82, 2.24) is 5.32 Å². The first-order chi connectivity index (χ1) is 17.9. The Kier molecular flexibility index (Phi) is 5.73. The minimum atomic E-state index is -0.312. The first-order valence-corrected chi connectivity index (χ1v) is 12.8. The molecule has 7 nitrogen and oxygen atoms in total. The van der Waals surface area contributed by atoms with Crippen LogP contribution in [0.4, 0.5) is 5.69 Å². The average molecular weight is 527 g/mol. The number of ether oxygens (including phenoxy) is 1. The summed E-state index contributed by atoms with van der Waals surface area (Å²) in [4.78, 5) is 54.1. The van der Waals surface area contributed by atoms with Crippen molar-refractivity contribution in [3.63, 3.8) is 0 Å². The molecule has 0 unspecified atom stereocenters. The first kappa shape index (κ1) is 23.3. The van der Waals surface area contributed by atoms with Gasteiger partial charge < -0.3 is 15.0 Å². The maximum Gasteiger partial charge on any atom is 0.263 e. The van der Waals surface area contributed by atoms with E-state index in [4.69, 9.17) is 17.0 Å². The lowest BCUT2D eigenvalue weighted by Crippen LogP contribution is -2.32. The lowest BCUT2D eigenvalue weighted by atomic mass is 9.83. The molecule has 6 rings (SSSR count). The fourth-order valence-electron chi connectivity index (χ4n) is 4.65. The lowest BCUT2D eigenvalue weighted by molar-refractivity contribution is -0.115. The van der Waals surface area contributed by atoms with E-state index in [1.807, 2.05) is 6.07 Å². The number of nitrogens with one attached hydrogen (secondary N) is 1. The van der Waals surface area contributed by atoms with Crippen molar-refractivity contribution in [1.29, 1.82) is 0 Å². The Morgan fingerprint density at radius 3 is 2.41 bits per heavy atom. The predicted octanol–water partition coefficient (Wildman–Crippen LogP) is 4.38. The second kappa shape index (κ2) is 9.10. The maximum atomic E-state index is 13.8. The van der Waals surface area contributed by atoms with Gasteiger partial charge >= 0.3 is 0 Å². The average Bonchev–Trinajstić information content (AvgIpc) is 3.09. The fraction of sp³-hybridized carbons (Fsp3) is 0.107. The monoisotopic (exact) mass is 526 g/mol. The number of anilines is 1. The molecule has 3 aromatic rings. The molecule has 0 spiro atoms. The number of ketones is 2. The molecule has 37 heavy (non-hydrogen) atoms. The van der Waals surface area contributed by atoms with Crippen LogP contribution in [0.15, 0.2) is 65.6 Å². The van der Waals surface area contributed by atoms with Crippen molar-refractivity contribution in [3.05, 3.63) is 98.9 Å². The summed E-state index contributed by atoms with van der Waals surface area (Å²) in [6.45, 7) is 0.843. The molecule has 0 saturated carbocycles. The highest BCUT2D eigenvalue weighted by molar-refractivity contribution is 8.26. The molecule has 182 valence electrons. The van der Waals surface area contributed by atoms with E-state index in [0.717, 1.165) is 0 Å². The van der Waals surface area contributed by atoms with Crippen LogP contribution < -0.4 is 15.0 Å². The number of carbonyl (C=O) groups excluding carboxylic acids is 4. The molecule has 0 atom stereocenters. The number of carbonyl (C=O) groups is 4. The molecular weight excluding hydrogens is 508 g/mol. The van der Waals surface area contributed by atoms with E-state index in [1.165, 1.54) is 17.8 Å². The van der Waals surface area contributed by atoms with Gasteiger partial charge in [0.1, 0.15) is 10.1 Å². The largest absolute Gasteiger partial charge is 0.491 e. The molecule has 3 aromatic carbocycles. The van der Waals surface area contributed by atoms with E-state index in [2.05, 4.69) is 5.32 Å². The number of rotatable bonds is 2. The first-order valence-electron chi connectivity index (χ1n) is 11.6. The number of thioether (sulfide) groups is 1. The number of benzene rings is 3. The Hall–Kier alpha value is -4.08. The highest BCUT2D eigenvalue weighted by atomic mass is 32.2. The normalized spacial score (nSPS) is 17.5. The van der Waals surface area contributed by atoms with Gasteiger partial charge in [0.2, 0.25) is 0 Å². The molecular formula is C28H18N2O5S2. The summed E-state index contributed by atoms with van der Waals surface area (Å²) in [6, 6.07) is 16.7. The Balaban J connectivity index is 1.37. The molecule has 0 aromatic heterocycles. The number of amides is 2. The topological polar surface area (TPSA) is 92.8 Å². The highest BCUT2D eigenvalue weighted by Gasteiger charge is 2.31. The van der Waals surface area contributed by atoms with Crippen LogP contribution in [0.1, 0.15) is 54.2 Å². The summed E-state index contributed by atoms with van der Waals surface area (Å²) in [5.41, 5.74) is 2.80. The van der Waals surface area contributed by atoms with Crippen molar-refractivity contribution in [2.45, 2.75) is 6.42 Å². The van der Waals surface area contributed by atoms with Gasteiger partial charge in [-0.05, 0) is 48.4 Å². The quantitative estimate of drug-likeness (QED) is 0.306. The van der Waals surface area contributed by atoms with Crippen LogP contribution in [0.2, 0.25) is 0 Å². The number of nitrogens with zero attached hydrogens (tertiary/aromatic N) is 1. The van der Waals surface area contributed by atoms with E-state index in [1.54, 1.807) is 59.5 Å². The van der Waals surface area contributed by atoms with Crippen LogP contribution in [0.5, 0.6) is 5.75 Å². The molecule has 1 N–H and O–H groups in total. The summed E-state index contributed by atoms with van der Waals surface area (Å²) in [5.74, 6) is -0.538. The van der Waals surface area contributed by atoms with Gasteiger partial charge in [-0.3, -0.25) is 19.2 Å². The van der Waals surface area contributed by atoms with Gasteiger partial charge in [0, 0.05) is 34.4 Å². The van der Waals surface area contributed by atoms with E-state index in [-0.39, 0.29) is 28.9 Å². The second-order valence-corrected chi connectivity index (χ2v) is 10.4. The molecule has 1 fully saturated rings. The predicted molar refractivity (Wildman–Crippen MR) is 144 cm³/mol. The minimum absolute atomic E-state index is 0.222. The molecule has 2 amide bonds. The third-order valence-corrected chi connectivity index (χ3v) is 7.58. The van der Waals surface area contributed by atoms with Crippen molar-refractivity contribution >= 4 is 63.4 Å². The van der Waals surface area contributed by atoms with Gasteiger partial charge in [0.15, 0.2) is 11.6 Å². The standard InChI is InChI=1S/C28H18N2O5S2/c31-24-17-4-1-2-5-18(17)25(32)20-14-16(7-8-19(20)24)27(34)30-10-3-11-35-22-9-6-15(12-21(22)30)13-23-26(33)29-28(36)37-23/h1-2,4-9,12-14H,3,10-11H2,(H,29,33,36)/b23-13+. The number of fused-ring (bicyclic) bond motifs is 3. The number of thiocarbonyl (C=S) groups is 1. The summed E-state index contributed by atoms with van der Waals surface area (Å²) in [7, 11) is 0. The van der Waals surface area contributed by atoms with Crippen LogP contribution in [0.3, 0.4) is 0 Å². The molecule has 0 radical (unpaired) electrons. The second-order valence-electron chi connectivity index (χ2n) is 8.70. The van der Waals surface area contributed by atoms with Crippen LogP contribution in [0, 0.1) is 0 Å². The summed E-state index contributed by atoms with van der Waals surface area (Å²) < 4.78 is 6.27. The lowest BCUT2D eigenvalue weighted by Gasteiger charge is -2.23. The Morgan fingerprint density at radius 1 is 0.946 bits per heavy atom. The smallest absolute Gasteiger partial charge is 0.263 e. The Morgan fingerprint density at radius 2 is 1.68 bits per heavy atom. The molecule has 9 heteroatoms. The third kappa shape index (κ3) is 4.06. The molecule has 0 bridgehead atoms. The SMILES string of the molecule is O=C1NC(=S)S/C1=C/c1ccc2c(c1)N(C(=O)c1ccc3c(c1)C(=O)c1ccccc1C3=O)CCCO2. The van der Waals surface area contributed by atoms with Gasteiger partial charge in [-0.25, -0.2) is 0 Å². The summed E-state index contributed by atoms with van der Waals surface area (Å²) >= 11 is 6.25. The molecule has 3 aliphatic rings. The number of hydrogen-bond donors (Lipinski definition) is 1. The van der Waals surface area contributed by atoms with Crippen molar-refractivity contribution in [2.24, 2.45) is 0 Å². The Labute approximate surface area is 221 Å². The van der Waals surface area contributed by atoms with Gasteiger partial charge in [-0.1, -0.05) is 54.3 Å². The Bertz CT molecular complexity index is 1590.